The maximum Gasteiger partial charge on any atom is 0.267 e. The molecular weight excluding hydrogens is 286 g/mol. The Hall–Kier alpha value is -1.94. The van der Waals surface area contributed by atoms with Gasteiger partial charge < -0.3 is 0 Å². The van der Waals surface area contributed by atoms with Crippen LogP contribution in [0.5, 0.6) is 0 Å². The number of hydrogen-bond donors (Lipinski definition) is 0. The summed E-state index contributed by atoms with van der Waals surface area (Å²) in [6.07, 6.45) is 0. The molecule has 0 bridgehead atoms. The van der Waals surface area contributed by atoms with Gasteiger partial charge in [0, 0.05) is 18.0 Å². The summed E-state index contributed by atoms with van der Waals surface area (Å²) in [5.41, 5.74) is 3.32. The molecule has 0 saturated carbocycles. The quantitative estimate of drug-likeness (QED) is 0.850. The van der Waals surface area contributed by atoms with Crippen molar-refractivity contribution in [1.82, 2.24) is 14.7 Å². The lowest BCUT2D eigenvalue weighted by atomic mass is 9.92. The predicted octanol–water partition coefficient (Wildman–Crippen LogP) is 3.33. The zero-order valence-electron chi connectivity index (χ0n) is 14.8. The SMILES string of the molecule is CCN(Cc1cccc(C)c1)Cn1nc(C(C)(C)C)ccc1=O. The van der Waals surface area contributed by atoms with Gasteiger partial charge in [-0.1, -0.05) is 57.5 Å². The second kappa shape index (κ2) is 7.09. The highest BCUT2D eigenvalue weighted by Gasteiger charge is 2.17. The molecule has 0 amide bonds. The lowest BCUT2D eigenvalue weighted by Crippen LogP contribution is -2.34. The Morgan fingerprint density at radius 2 is 1.91 bits per heavy atom. The van der Waals surface area contributed by atoms with Gasteiger partial charge in [-0.05, 0) is 25.1 Å². The van der Waals surface area contributed by atoms with E-state index in [1.807, 2.05) is 6.07 Å². The molecule has 0 saturated heterocycles. The van der Waals surface area contributed by atoms with E-state index in [0.717, 1.165) is 18.8 Å². The first kappa shape index (κ1) is 17.4. The molecule has 4 nitrogen and oxygen atoms in total. The highest BCUT2D eigenvalue weighted by molar-refractivity contribution is 5.22. The van der Waals surface area contributed by atoms with E-state index in [-0.39, 0.29) is 11.0 Å². The van der Waals surface area contributed by atoms with Gasteiger partial charge in [-0.2, -0.15) is 5.10 Å². The van der Waals surface area contributed by atoms with Gasteiger partial charge in [0.1, 0.15) is 0 Å². The van der Waals surface area contributed by atoms with Crippen LogP contribution in [-0.2, 0) is 18.6 Å². The molecular formula is C19H27N3O. The van der Waals surface area contributed by atoms with Gasteiger partial charge >= 0.3 is 0 Å². The van der Waals surface area contributed by atoms with Crippen molar-refractivity contribution in [2.75, 3.05) is 6.54 Å². The van der Waals surface area contributed by atoms with Crippen LogP contribution in [-0.4, -0.2) is 21.2 Å². The highest BCUT2D eigenvalue weighted by Crippen LogP contribution is 2.18. The van der Waals surface area contributed by atoms with Gasteiger partial charge in [-0.3, -0.25) is 9.69 Å². The zero-order valence-corrected chi connectivity index (χ0v) is 14.8. The number of nitrogens with zero attached hydrogens (tertiary/aromatic N) is 3. The normalized spacial score (nSPS) is 11.9. The molecule has 1 aromatic heterocycles. The third-order valence-electron chi connectivity index (χ3n) is 3.90. The van der Waals surface area contributed by atoms with Crippen molar-refractivity contribution < 1.29 is 0 Å². The van der Waals surface area contributed by atoms with E-state index in [9.17, 15) is 4.79 Å². The molecule has 0 aliphatic heterocycles. The highest BCUT2D eigenvalue weighted by atomic mass is 16.1. The lowest BCUT2D eigenvalue weighted by Gasteiger charge is -2.23. The second-order valence-electron chi connectivity index (χ2n) is 7.08. The van der Waals surface area contributed by atoms with E-state index >= 15 is 0 Å². The largest absolute Gasteiger partial charge is 0.280 e. The summed E-state index contributed by atoms with van der Waals surface area (Å²) in [7, 11) is 0. The first-order valence-electron chi connectivity index (χ1n) is 8.16. The molecule has 0 aliphatic carbocycles. The van der Waals surface area contributed by atoms with Crippen molar-refractivity contribution in [3.8, 4) is 0 Å². The molecule has 124 valence electrons. The van der Waals surface area contributed by atoms with Crippen molar-refractivity contribution in [3.63, 3.8) is 0 Å². The summed E-state index contributed by atoms with van der Waals surface area (Å²) in [5.74, 6) is 0. The molecule has 0 aliphatic rings. The Bertz CT molecular complexity index is 713. The number of aryl methyl sites for hydroxylation is 1. The van der Waals surface area contributed by atoms with Crippen LogP contribution in [0, 0.1) is 6.92 Å². The molecule has 23 heavy (non-hydrogen) atoms. The Kier molecular flexibility index (Phi) is 5.37. The predicted molar refractivity (Wildman–Crippen MR) is 94.5 cm³/mol. The number of hydrogen-bond acceptors (Lipinski definition) is 3. The molecule has 0 atom stereocenters. The summed E-state index contributed by atoms with van der Waals surface area (Å²) in [6, 6.07) is 11.9. The van der Waals surface area contributed by atoms with E-state index in [1.165, 1.54) is 11.1 Å². The molecule has 0 spiro atoms. The van der Waals surface area contributed by atoms with Crippen LogP contribution in [0.25, 0.3) is 0 Å². The third kappa shape index (κ3) is 4.76. The Balaban J connectivity index is 2.20. The van der Waals surface area contributed by atoms with Gasteiger partial charge in [0.15, 0.2) is 0 Å². The molecule has 0 unspecified atom stereocenters. The van der Waals surface area contributed by atoms with Gasteiger partial charge in [0.05, 0.1) is 12.4 Å². The van der Waals surface area contributed by atoms with Gasteiger partial charge in [-0.15, -0.1) is 0 Å². The van der Waals surface area contributed by atoms with Crippen molar-refractivity contribution in [1.29, 1.82) is 0 Å². The van der Waals surface area contributed by atoms with E-state index in [4.69, 9.17) is 0 Å². The molecule has 0 N–H and O–H groups in total. The summed E-state index contributed by atoms with van der Waals surface area (Å²) in [4.78, 5) is 14.3. The molecule has 4 heteroatoms. The van der Waals surface area contributed by atoms with Gasteiger partial charge in [-0.25, -0.2) is 4.68 Å². The van der Waals surface area contributed by atoms with Crippen molar-refractivity contribution in [2.45, 2.75) is 53.2 Å². The first-order valence-corrected chi connectivity index (χ1v) is 8.16. The maximum absolute atomic E-state index is 12.1. The second-order valence-corrected chi connectivity index (χ2v) is 7.08. The monoisotopic (exact) mass is 313 g/mol. The van der Waals surface area contributed by atoms with Crippen LogP contribution < -0.4 is 5.56 Å². The number of benzene rings is 1. The topological polar surface area (TPSA) is 38.1 Å². The maximum atomic E-state index is 12.1. The molecule has 0 radical (unpaired) electrons. The van der Waals surface area contributed by atoms with E-state index < -0.39 is 0 Å². The standard InChI is InChI=1S/C19H27N3O/c1-6-21(13-16-9-7-8-15(2)12-16)14-22-18(23)11-10-17(20-22)19(3,4)5/h7-12H,6,13-14H2,1-5H3. The minimum absolute atomic E-state index is 0.0549. The average molecular weight is 313 g/mol. The van der Waals surface area contributed by atoms with Crippen molar-refractivity contribution in [2.24, 2.45) is 0 Å². The summed E-state index contributed by atoms with van der Waals surface area (Å²) in [5, 5.41) is 4.55. The molecule has 0 fully saturated rings. The van der Waals surface area contributed by atoms with Crippen molar-refractivity contribution >= 4 is 0 Å². The number of rotatable bonds is 5. The van der Waals surface area contributed by atoms with Crippen LogP contribution in [0.3, 0.4) is 0 Å². The Morgan fingerprint density at radius 1 is 1.17 bits per heavy atom. The summed E-state index contributed by atoms with van der Waals surface area (Å²) >= 11 is 0. The van der Waals surface area contributed by atoms with Crippen LogP contribution >= 0.6 is 0 Å². The van der Waals surface area contributed by atoms with Gasteiger partial charge in [0.2, 0.25) is 0 Å². The molecule has 2 rings (SSSR count). The Morgan fingerprint density at radius 3 is 2.52 bits per heavy atom. The third-order valence-corrected chi connectivity index (χ3v) is 3.90. The van der Waals surface area contributed by atoms with E-state index in [0.29, 0.717) is 6.67 Å². The minimum atomic E-state index is -0.0664. The fraction of sp³-hybridized carbons (Fsp3) is 0.474. The fourth-order valence-corrected chi connectivity index (χ4v) is 2.47. The molecule has 1 heterocycles. The fourth-order valence-electron chi connectivity index (χ4n) is 2.47. The molecule has 2 aromatic rings. The summed E-state index contributed by atoms with van der Waals surface area (Å²) < 4.78 is 1.57. The van der Waals surface area contributed by atoms with Crippen LogP contribution in [0.1, 0.15) is 44.5 Å². The minimum Gasteiger partial charge on any atom is -0.280 e. The van der Waals surface area contributed by atoms with Crippen LogP contribution in [0.15, 0.2) is 41.2 Å². The molecule has 1 aromatic carbocycles. The average Bonchev–Trinajstić information content (AvgIpc) is 2.47. The van der Waals surface area contributed by atoms with Crippen LogP contribution in [0.2, 0.25) is 0 Å². The van der Waals surface area contributed by atoms with Gasteiger partial charge in [0.25, 0.3) is 5.56 Å². The number of aromatic nitrogens is 2. The first-order chi connectivity index (χ1) is 10.8. The lowest BCUT2D eigenvalue weighted by molar-refractivity contribution is 0.202. The van der Waals surface area contributed by atoms with Crippen molar-refractivity contribution in [3.05, 3.63) is 63.6 Å². The van der Waals surface area contributed by atoms with E-state index in [2.05, 4.69) is 68.9 Å². The zero-order chi connectivity index (χ0) is 17.0. The van der Waals surface area contributed by atoms with E-state index in [1.54, 1.807) is 10.7 Å². The van der Waals surface area contributed by atoms with Crippen LogP contribution in [0.4, 0.5) is 0 Å². The summed E-state index contributed by atoms with van der Waals surface area (Å²) in [6.45, 7) is 12.7. The smallest absolute Gasteiger partial charge is 0.267 e. The Labute approximate surface area is 138 Å².